The minimum absolute atomic E-state index is 0.501. The highest BCUT2D eigenvalue weighted by atomic mass is 15.4. The summed E-state index contributed by atoms with van der Waals surface area (Å²) < 4.78 is 0. The summed E-state index contributed by atoms with van der Waals surface area (Å²) in [5.74, 6) is 0.501. The lowest BCUT2D eigenvalue weighted by Gasteiger charge is -2.19. The maximum atomic E-state index is 7.59. The van der Waals surface area contributed by atoms with E-state index in [1.54, 1.807) is 4.90 Å². The molecule has 2 rings (SSSR count). The highest BCUT2D eigenvalue weighted by Gasteiger charge is 2.20. The molecule has 0 atom stereocenters. The zero-order chi connectivity index (χ0) is 7.84. The fourth-order valence-corrected chi connectivity index (χ4v) is 1.18. The van der Waals surface area contributed by atoms with Crippen molar-refractivity contribution in [2.75, 3.05) is 7.05 Å². The molecule has 0 N–H and O–H groups in total. The molecular formula is C9H8N2. The van der Waals surface area contributed by atoms with Crippen LogP contribution < -0.4 is 0 Å². The number of hydrogen-bond acceptors (Lipinski definition) is 2. The maximum absolute atomic E-state index is 7.59. The van der Waals surface area contributed by atoms with Crippen LogP contribution in [0.4, 0.5) is 0 Å². The molecule has 2 aliphatic heterocycles. The number of nitrogens with zero attached hydrogens (tertiary/aromatic N) is 2. The fourth-order valence-electron chi connectivity index (χ4n) is 1.18. The lowest BCUT2D eigenvalue weighted by atomic mass is 10.3. The Hall–Kier alpha value is -1.44. The van der Waals surface area contributed by atoms with Crippen molar-refractivity contribution in [3.05, 3.63) is 48.7 Å². The van der Waals surface area contributed by atoms with E-state index in [1.807, 2.05) is 42.6 Å². The Morgan fingerprint density at radius 1 is 1.36 bits per heavy atom. The second kappa shape index (κ2) is 2.02. The van der Waals surface area contributed by atoms with Gasteiger partial charge in [-0.1, -0.05) is 6.08 Å². The number of rotatable bonds is 0. The van der Waals surface area contributed by atoms with Gasteiger partial charge in [-0.2, -0.15) is 0 Å². The lowest BCUT2D eigenvalue weighted by Crippen LogP contribution is -2.16. The number of fused-ring (bicyclic) bond motifs is 1. The minimum atomic E-state index is 0.501. The van der Waals surface area contributed by atoms with E-state index >= 15 is 0 Å². The van der Waals surface area contributed by atoms with Gasteiger partial charge in [0.05, 0.1) is 5.70 Å². The Morgan fingerprint density at radius 3 is 2.91 bits per heavy atom. The van der Waals surface area contributed by atoms with Crippen LogP contribution in [0.15, 0.2) is 42.1 Å². The van der Waals surface area contributed by atoms with E-state index in [0.29, 0.717) is 5.82 Å². The molecule has 0 spiro atoms. The number of hydrogen-bond donors (Lipinski definition) is 0. The molecule has 0 saturated carbocycles. The van der Waals surface area contributed by atoms with Gasteiger partial charge < -0.3 is 9.80 Å². The van der Waals surface area contributed by atoms with Crippen molar-refractivity contribution in [3.63, 3.8) is 0 Å². The van der Waals surface area contributed by atoms with Crippen LogP contribution in [0.25, 0.3) is 0 Å². The highest BCUT2D eigenvalue weighted by Crippen LogP contribution is 2.26. The highest BCUT2D eigenvalue weighted by molar-refractivity contribution is 5.35. The molecule has 2 heterocycles. The molecular weight excluding hydrogens is 136 g/mol. The Morgan fingerprint density at radius 2 is 2.18 bits per heavy atom. The van der Waals surface area contributed by atoms with Crippen LogP contribution in [-0.2, 0) is 0 Å². The zero-order valence-corrected chi connectivity index (χ0v) is 6.28. The summed E-state index contributed by atoms with van der Waals surface area (Å²) in [5, 5.41) is 0. The van der Waals surface area contributed by atoms with E-state index < -0.39 is 0 Å². The third kappa shape index (κ3) is 0.792. The third-order valence-electron chi connectivity index (χ3n) is 1.78. The summed E-state index contributed by atoms with van der Waals surface area (Å²) in [6.45, 7) is 7.59. The quantitative estimate of drug-likeness (QED) is 0.505. The van der Waals surface area contributed by atoms with Gasteiger partial charge in [0.25, 0.3) is 0 Å². The van der Waals surface area contributed by atoms with Crippen LogP contribution in [0.3, 0.4) is 0 Å². The van der Waals surface area contributed by atoms with Crippen LogP contribution in [-0.4, -0.2) is 16.8 Å². The van der Waals surface area contributed by atoms with E-state index in [9.17, 15) is 0 Å². The van der Waals surface area contributed by atoms with Gasteiger partial charge in [-0.25, -0.2) is 0 Å². The van der Waals surface area contributed by atoms with Crippen molar-refractivity contribution in [2.24, 2.45) is 0 Å². The fraction of sp³-hybridized carbons (Fsp3) is 0.111. The monoisotopic (exact) mass is 144 g/mol. The van der Waals surface area contributed by atoms with Gasteiger partial charge in [-0.05, 0) is 12.2 Å². The van der Waals surface area contributed by atoms with E-state index in [2.05, 4.69) is 0 Å². The predicted octanol–water partition coefficient (Wildman–Crippen LogP) is 1.31. The van der Waals surface area contributed by atoms with E-state index in [1.165, 1.54) is 0 Å². The van der Waals surface area contributed by atoms with Crippen molar-refractivity contribution in [3.8, 4) is 0 Å². The molecule has 2 heteroatoms. The molecule has 11 heavy (non-hydrogen) atoms. The van der Waals surface area contributed by atoms with Crippen molar-refractivity contribution in [2.45, 2.75) is 0 Å². The van der Waals surface area contributed by atoms with E-state index in [4.69, 9.17) is 6.58 Å². The normalized spacial score (nSPS) is 20.8. The molecule has 0 aromatic carbocycles. The van der Waals surface area contributed by atoms with Gasteiger partial charge in [0.15, 0.2) is 0 Å². The minimum Gasteiger partial charge on any atom is -0.335 e. The van der Waals surface area contributed by atoms with Crippen LogP contribution in [0.1, 0.15) is 0 Å². The van der Waals surface area contributed by atoms with Crippen LogP contribution in [0, 0.1) is 6.58 Å². The van der Waals surface area contributed by atoms with Gasteiger partial charge in [0.1, 0.15) is 5.82 Å². The standard InChI is InChI=1S/C9H8N2/c1-8-10(2)7-9-5-3-4-6-11(8)9/h3-7H,2H3. The summed E-state index contributed by atoms with van der Waals surface area (Å²) in [6, 6.07) is 0. The predicted molar refractivity (Wildman–Crippen MR) is 42.7 cm³/mol. The SMILES string of the molecule is [C]=C1N(C)C=C2C=CC=CN12. The van der Waals surface area contributed by atoms with Gasteiger partial charge in [-0.15, -0.1) is 0 Å². The van der Waals surface area contributed by atoms with Gasteiger partial charge in [-0.3, -0.25) is 0 Å². The Kier molecular flexibility index (Phi) is 1.15. The Bertz CT molecular complexity index is 284. The van der Waals surface area contributed by atoms with Crippen LogP contribution >= 0.6 is 0 Å². The summed E-state index contributed by atoms with van der Waals surface area (Å²) >= 11 is 0. The Balaban J connectivity index is 2.40. The first-order chi connectivity index (χ1) is 5.29. The first-order valence-electron chi connectivity index (χ1n) is 3.46. The molecule has 0 aliphatic carbocycles. The summed E-state index contributed by atoms with van der Waals surface area (Å²) in [5.41, 5.74) is 1.06. The molecule has 2 nitrogen and oxygen atoms in total. The molecule has 0 unspecified atom stereocenters. The topological polar surface area (TPSA) is 6.48 Å². The van der Waals surface area contributed by atoms with Gasteiger partial charge in [0.2, 0.25) is 0 Å². The average molecular weight is 144 g/mol. The lowest BCUT2D eigenvalue weighted by molar-refractivity contribution is 0.466. The molecule has 0 aromatic rings. The van der Waals surface area contributed by atoms with Crippen LogP contribution in [0.5, 0.6) is 0 Å². The maximum Gasteiger partial charge on any atom is 0.125 e. The van der Waals surface area contributed by atoms with Crippen molar-refractivity contribution < 1.29 is 0 Å². The van der Waals surface area contributed by atoms with E-state index in [0.717, 1.165) is 5.70 Å². The average Bonchev–Trinajstić information content (AvgIpc) is 2.30. The van der Waals surface area contributed by atoms with Crippen molar-refractivity contribution in [1.29, 1.82) is 0 Å². The van der Waals surface area contributed by atoms with Gasteiger partial charge >= 0.3 is 0 Å². The molecule has 0 aromatic heterocycles. The van der Waals surface area contributed by atoms with Crippen molar-refractivity contribution in [1.82, 2.24) is 9.80 Å². The second-order valence-corrected chi connectivity index (χ2v) is 2.56. The molecule has 0 bridgehead atoms. The summed E-state index contributed by atoms with van der Waals surface area (Å²) in [6.07, 6.45) is 9.69. The molecule has 2 aliphatic rings. The Labute approximate surface area is 66.4 Å². The van der Waals surface area contributed by atoms with Crippen molar-refractivity contribution >= 4 is 0 Å². The number of allylic oxidation sites excluding steroid dienone is 3. The molecule has 0 saturated heterocycles. The first kappa shape index (κ1) is 6.28. The second-order valence-electron chi connectivity index (χ2n) is 2.56. The van der Waals surface area contributed by atoms with Gasteiger partial charge in [0, 0.05) is 26.0 Å². The molecule has 0 fully saturated rings. The molecule has 2 radical (unpaired) electrons. The first-order valence-corrected chi connectivity index (χ1v) is 3.46. The third-order valence-corrected chi connectivity index (χ3v) is 1.78. The largest absolute Gasteiger partial charge is 0.335 e. The summed E-state index contributed by atoms with van der Waals surface area (Å²) in [4.78, 5) is 3.62. The van der Waals surface area contributed by atoms with E-state index in [-0.39, 0.29) is 0 Å². The zero-order valence-electron chi connectivity index (χ0n) is 6.28. The van der Waals surface area contributed by atoms with Crippen LogP contribution in [0.2, 0.25) is 0 Å². The molecule has 0 amide bonds. The summed E-state index contributed by atoms with van der Waals surface area (Å²) in [7, 11) is 1.87. The smallest absolute Gasteiger partial charge is 0.125 e. The molecule has 54 valence electrons.